The Kier molecular flexibility index (Phi) is 5.59. The molecule has 6 nitrogen and oxygen atoms in total. The highest BCUT2D eigenvalue weighted by atomic mass is 16.6. The van der Waals surface area contributed by atoms with Gasteiger partial charge in [-0.25, -0.2) is 4.79 Å². The lowest BCUT2D eigenvalue weighted by molar-refractivity contribution is -0.163. The normalized spacial score (nSPS) is 16.4. The zero-order chi connectivity index (χ0) is 21.4. The van der Waals surface area contributed by atoms with Gasteiger partial charge in [0.15, 0.2) is 0 Å². The van der Waals surface area contributed by atoms with Crippen LogP contribution in [0.15, 0.2) is 40.1 Å². The van der Waals surface area contributed by atoms with Crippen LogP contribution in [0.5, 0.6) is 5.75 Å². The molecule has 0 radical (unpaired) electrons. The van der Waals surface area contributed by atoms with E-state index in [4.69, 9.17) is 13.9 Å². The molecule has 0 aliphatic carbocycles. The van der Waals surface area contributed by atoms with E-state index >= 15 is 0 Å². The Bertz CT molecular complexity index is 1000. The van der Waals surface area contributed by atoms with E-state index in [1.807, 2.05) is 46.8 Å². The quantitative estimate of drug-likeness (QED) is 0.436. The maximum atomic E-state index is 12.5. The van der Waals surface area contributed by atoms with Crippen LogP contribution in [0.1, 0.15) is 45.7 Å². The molecule has 0 fully saturated rings. The Balaban J connectivity index is 1.88. The van der Waals surface area contributed by atoms with Crippen molar-refractivity contribution in [3.05, 3.63) is 52.4 Å². The Morgan fingerprint density at radius 3 is 2.69 bits per heavy atom. The molecule has 0 amide bonds. The molecule has 1 aromatic carbocycles. The summed E-state index contributed by atoms with van der Waals surface area (Å²) < 4.78 is 17.3. The predicted molar refractivity (Wildman–Crippen MR) is 113 cm³/mol. The molecule has 0 unspecified atom stereocenters. The summed E-state index contributed by atoms with van der Waals surface area (Å²) in [6, 6.07) is 5.58. The monoisotopic (exact) mass is 399 g/mol. The summed E-state index contributed by atoms with van der Waals surface area (Å²) in [6.07, 6.45) is 2.02. The standard InChI is InChI=1S/C23H29NO5/c1-7-22(3,4)16-10-14-9-15-11-19(23(5,6)29-20(25)13-24-8-2)27-17(15)12-18(14)28-21(16)26/h7,9-10,12,19,24H,1,8,11,13H2,2-6H3/t19-/m1/s1. The van der Waals surface area contributed by atoms with E-state index in [-0.39, 0.29) is 24.2 Å². The van der Waals surface area contributed by atoms with Crippen LogP contribution in [-0.2, 0) is 21.4 Å². The van der Waals surface area contributed by atoms with Gasteiger partial charge in [-0.15, -0.1) is 6.58 Å². The highest BCUT2D eigenvalue weighted by Crippen LogP contribution is 2.38. The first kappa shape index (κ1) is 21.1. The average Bonchev–Trinajstić information content (AvgIpc) is 3.07. The number of ether oxygens (including phenoxy) is 2. The zero-order valence-corrected chi connectivity index (χ0v) is 17.8. The number of esters is 1. The first-order valence-electron chi connectivity index (χ1n) is 9.91. The van der Waals surface area contributed by atoms with E-state index in [2.05, 4.69) is 11.9 Å². The van der Waals surface area contributed by atoms with Crippen molar-refractivity contribution in [1.29, 1.82) is 0 Å². The fourth-order valence-electron chi connectivity index (χ4n) is 3.43. The molecule has 1 atom stereocenters. The molecule has 29 heavy (non-hydrogen) atoms. The summed E-state index contributed by atoms with van der Waals surface area (Å²) in [6.45, 7) is 14.2. The summed E-state index contributed by atoms with van der Waals surface area (Å²) in [5.41, 5.74) is 0.363. The number of rotatable bonds is 7. The van der Waals surface area contributed by atoms with Crippen molar-refractivity contribution < 1.29 is 18.7 Å². The summed E-state index contributed by atoms with van der Waals surface area (Å²) in [7, 11) is 0. The van der Waals surface area contributed by atoms with E-state index in [1.165, 1.54) is 0 Å². The van der Waals surface area contributed by atoms with E-state index in [0.717, 1.165) is 10.9 Å². The van der Waals surface area contributed by atoms with Crippen LogP contribution in [0.25, 0.3) is 11.0 Å². The number of carbonyl (C=O) groups is 1. The van der Waals surface area contributed by atoms with E-state index < -0.39 is 11.0 Å². The van der Waals surface area contributed by atoms with E-state index in [1.54, 1.807) is 12.1 Å². The lowest BCUT2D eigenvalue weighted by atomic mass is 9.85. The molecule has 156 valence electrons. The molecule has 0 saturated heterocycles. The minimum atomic E-state index is -0.797. The molecule has 0 bridgehead atoms. The van der Waals surface area contributed by atoms with Crippen LogP contribution in [0.3, 0.4) is 0 Å². The van der Waals surface area contributed by atoms with Crippen molar-refractivity contribution in [3.8, 4) is 5.75 Å². The van der Waals surface area contributed by atoms with Crippen molar-refractivity contribution >= 4 is 16.9 Å². The largest absolute Gasteiger partial charge is 0.485 e. The zero-order valence-electron chi connectivity index (χ0n) is 17.8. The maximum absolute atomic E-state index is 12.5. The molecule has 2 aromatic rings. The van der Waals surface area contributed by atoms with E-state index in [9.17, 15) is 9.59 Å². The lowest BCUT2D eigenvalue weighted by Crippen LogP contribution is -2.45. The SMILES string of the molecule is C=CC(C)(C)c1cc2cc3c(cc2oc1=O)O[C@@H](C(C)(C)OC(=O)CNCC)C3. The fourth-order valence-corrected chi connectivity index (χ4v) is 3.43. The number of nitrogens with one attached hydrogen (secondary N) is 1. The van der Waals surface area contributed by atoms with Gasteiger partial charge in [-0.1, -0.05) is 26.8 Å². The predicted octanol–water partition coefficient (Wildman–Crippen LogP) is 3.49. The van der Waals surface area contributed by atoms with Gasteiger partial charge in [-0.3, -0.25) is 4.79 Å². The second-order valence-electron chi connectivity index (χ2n) is 8.54. The van der Waals surface area contributed by atoms with Crippen molar-refractivity contribution in [1.82, 2.24) is 5.32 Å². The van der Waals surface area contributed by atoms with Gasteiger partial charge in [-0.05, 0) is 38.1 Å². The smallest absolute Gasteiger partial charge is 0.340 e. The summed E-state index contributed by atoms with van der Waals surface area (Å²) in [5, 5.41) is 3.80. The van der Waals surface area contributed by atoms with Gasteiger partial charge < -0.3 is 19.2 Å². The first-order chi connectivity index (χ1) is 13.6. The second kappa shape index (κ2) is 7.67. The molecule has 1 aromatic heterocycles. The van der Waals surface area contributed by atoms with Crippen LogP contribution in [-0.4, -0.2) is 30.8 Å². The van der Waals surface area contributed by atoms with Gasteiger partial charge in [0.1, 0.15) is 23.0 Å². The van der Waals surface area contributed by atoms with Gasteiger partial charge in [0.25, 0.3) is 0 Å². The number of likely N-dealkylation sites (N-methyl/N-ethyl adjacent to an activating group) is 1. The van der Waals surface area contributed by atoms with Gasteiger partial charge >= 0.3 is 11.6 Å². The van der Waals surface area contributed by atoms with Gasteiger partial charge in [0.05, 0.1) is 6.54 Å². The Hall–Kier alpha value is -2.60. The van der Waals surface area contributed by atoms with Crippen molar-refractivity contribution in [2.45, 2.75) is 58.2 Å². The highest BCUT2D eigenvalue weighted by molar-refractivity contribution is 5.81. The number of carbonyl (C=O) groups excluding carboxylic acids is 1. The van der Waals surface area contributed by atoms with Crippen molar-refractivity contribution in [2.75, 3.05) is 13.1 Å². The molecule has 0 spiro atoms. The molecular weight excluding hydrogens is 370 g/mol. The third kappa shape index (κ3) is 4.22. The minimum Gasteiger partial charge on any atom is -0.485 e. The molecular formula is C23H29NO5. The molecule has 2 heterocycles. The first-order valence-corrected chi connectivity index (χ1v) is 9.91. The van der Waals surface area contributed by atoms with Crippen LogP contribution in [0.4, 0.5) is 0 Å². The van der Waals surface area contributed by atoms with Crippen molar-refractivity contribution in [2.24, 2.45) is 0 Å². The highest BCUT2D eigenvalue weighted by Gasteiger charge is 2.40. The van der Waals surface area contributed by atoms with Crippen LogP contribution >= 0.6 is 0 Å². The van der Waals surface area contributed by atoms with Gasteiger partial charge in [0.2, 0.25) is 0 Å². The molecule has 6 heteroatoms. The Morgan fingerprint density at radius 2 is 2.03 bits per heavy atom. The van der Waals surface area contributed by atoms with E-state index in [0.29, 0.717) is 29.9 Å². The number of fused-ring (bicyclic) bond motifs is 2. The van der Waals surface area contributed by atoms with Crippen LogP contribution < -0.4 is 15.7 Å². The number of benzene rings is 1. The summed E-state index contributed by atoms with van der Waals surface area (Å²) in [5.74, 6) is 0.334. The number of hydrogen-bond acceptors (Lipinski definition) is 6. The molecule has 3 rings (SSSR count). The molecule has 1 N–H and O–H groups in total. The second-order valence-corrected chi connectivity index (χ2v) is 8.54. The van der Waals surface area contributed by atoms with Gasteiger partial charge in [-0.2, -0.15) is 0 Å². The average molecular weight is 399 g/mol. The molecule has 1 aliphatic rings. The van der Waals surface area contributed by atoms with Crippen molar-refractivity contribution in [3.63, 3.8) is 0 Å². The fraction of sp³-hybridized carbons (Fsp3) is 0.478. The topological polar surface area (TPSA) is 77.8 Å². The van der Waals surface area contributed by atoms with Crippen LogP contribution in [0, 0.1) is 0 Å². The van der Waals surface area contributed by atoms with Gasteiger partial charge in [0, 0.05) is 28.9 Å². The summed E-state index contributed by atoms with van der Waals surface area (Å²) >= 11 is 0. The molecule has 0 saturated carbocycles. The Morgan fingerprint density at radius 1 is 1.31 bits per heavy atom. The summed E-state index contributed by atoms with van der Waals surface area (Å²) in [4.78, 5) is 24.5. The maximum Gasteiger partial charge on any atom is 0.340 e. The lowest BCUT2D eigenvalue weighted by Gasteiger charge is -2.30. The number of allylic oxidation sites excluding steroid dienone is 1. The third-order valence-electron chi connectivity index (χ3n) is 5.47. The van der Waals surface area contributed by atoms with Crippen LogP contribution in [0.2, 0.25) is 0 Å². The third-order valence-corrected chi connectivity index (χ3v) is 5.47. The minimum absolute atomic E-state index is 0.163. The Labute approximate surface area is 170 Å². The molecule has 1 aliphatic heterocycles. The number of hydrogen-bond donors (Lipinski definition) is 1.